The molecule has 2 aromatic carbocycles. The molecule has 5 rings (SSSR count). The minimum Gasteiger partial charge on any atom is -0.486 e. The van der Waals surface area contributed by atoms with Gasteiger partial charge in [-0.1, -0.05) is 48.3 Å². The van der Waals surface area contributed by atoms with Gasteiger partial charge in [0.1, 0.15) is 18.0 Å². The molecular weight excluding hydrogens is 470 g/mol. The van der Waals surface area contributed by atoms with Crippen LogP contribution in [0.5, 0.6) is 5.75 Å². The third kappa shape index (κ3) is 5.59. The van der Waals surface area contributed by atoms with Gasteiger partial charge in [0.2, 0.25) is 0 Å². The third-order valence-electron chi connectivity index (χ3n) is 7.00. The molecule has 188 valence electrons. The summed E-state index contributed by atoms with van der Waals surface area (Å²) < 4.78 is 14.5. The Balaban J connectivity index is 1.21. The highest BCUT2D eigenvalue weighted by Gasteiger charge is 2.37. The number of ether oxygens (including phenoxy) is 2. The maximum absolute atomic E-state index is 13.1. The number of carbonyl (C=O) groups is 1. The minimum atomic E-state index is -0.210. The summed E-state index contributed by atoms with van der Waals surface area (Å²) in [5.74, 6) is 1.71. The first-order valence-electron chi connectivity index (χ1n) is 12.6. The van der Waals surface area contributed by atoms with E-state index < -0.39 is 0 Å². The summed E-state index contributed by atoms with van der Waals surface area (Å²) in [6, 6.07) is 22.5. The molecule has 3 atom stereocenters. The first-order valence-corrected chi connectivity index (χ1v) is 13.5. The molecule has 3 unspecified atom stereocenters. The fourth-order valence-electron chi connectivity index (χ4n) is 5.04. The van der Waals surface area contributed by atoms with Crippen LogP contribution in [0.15, 0.2) is 72.9 Å². The number of methoxy groups -OCH3 is 1. The lowest BCUT2D eigenvalue weighted by Gasteiger charge is -2.23. The molecule has 2 fully saturated rings. The van der Waals surface area contributed by atoms with Crippen molar-refractivity contribution in [1.29, 1.82) is 0 Å². The van der Waals surface area contributed by atoms with Crippen LogP contribution in [0.1, 0.15) is 46.1 Å². The van der Waals surface area contributed by atoms with Gasteiger partial charge >= 0.3 is 0 Å². The Morgan fingerprint density at radius 1 is 1.06 bits per heavy atom. The van der Waals surface area contributed by atoms with E-state index in [9.17, 15) is 4.79 Å². The smallest absolute Gasteiger partial charge is 0.254 e. The molecule has 2 aliphatic heterocycles. The minimum absolute atomic E-state index is 0.0273. The molecule has 3 heterocycles. The van der Waals surface area contributed by atoms with Crippen molar-refractivity contribution >= 4 is 17.9 Å². The number of nitrogens with zero attached hydrogens (tertiary/aromatic N) is 3. The molecule has 2 aliphatic rings. The average molecular weight is 504 g/mol. The van der Waals surface area contributed by atoms with E-state index in [-0.39, 0.29) is 18.1 Å². The fraction of sp³-hybridized carbons (Fsp3) is 0.379. The number of pyridine rings is 1. The molecule has 0 aliphatic carbocycles. The molecular formula is C29H33N3O3S. The van der Waals surface area contributed by atoms with Gasteiger partial charge in [0.25, 0.3) is 5.91 Å². The third-order valence-corrected chi connectivity index (χ3v) is 8.23. The summed E-state index contributed by atoms with van der Waals surface area (Å²) >= 11 is 1.86. The zero-order valence-electron chi connectivity index (χ0n) is 20.9. The second-order valence-electron chi connectivity index (χ2n) is 9.43. The fourth-order valence-corrected chi connectivity index (χ4v) is 6.18. The number of hydrogen-bond donors (Lipinski definition) is 0. The van der Waals surface area contributed by atoms with Gasteiger partial charge in [0, 0.05) is 31.2 Å². The molecule has 0 bridgehead atoms. The van der Waals surface area contributed by atoms with Gasteiger partial charge in [-0.15, -0.1) is 0 Å². The number of rotatable bonds is 8. The molecule has 0 saturated carbocycles. The molecule has 0 radical (unpaired) electrons. The van der Waals surface area contributed by atoms with E-state index in [4.69, 9.17) is 9.47 Å². The molecule has 3 aromatic rings. The Morgan fingerprint density at radius 3 is 2.69 bits per heavy atom. The average Bonchev–Trinajstić information content (AvgIpc) is 3.55. The van der Waals surface area contributed by atoms with Gasteiger partial charge < -0.3 is 14.4 Å². The molecule has 1 aromatic heterocycles. The highest BCUT2D eigenvalue weighted by atomic mass is 32.2. The predicted octanol–water partition coefficient (Wildman–Crippen LogP) is 5.29. The van der Waals surface area contributed by atoms with Crippen LogP contribution in [0.3, 0.4) is 0 Å². The van der Waals surface area contributed by atoms with Crippen LogP contribution in [0.4, 0.5) is 0 Å². The number of aromatic nitrogens is 1. The summed E-state index contributed by atoms with van der Waals surface area (Å²) in [6.45, 7) is 4.07. The second kappa shape index (κ2) is 11.5. The van der Waals surface area contributed by atoms with Gasteiger partial charge in [-0.05, 0) is 61.2 Å². The quantitative estimate of drug-likeness (QED) is 0.389. The normalized spacial score (nSPS) is 22.2. The van der Waals surface area contributed by atoms with Crippen molar-refractivity contribution < 1.29 is 14.3 Å². The van der Waals surface area contributed by atoms with E-state index >= 15 is 0 Å². The SMILES string of the molecule is COC1CN(C(=O)c2ccccc2C)CC1Oc1cccc(CSN2CCCC2c2ccccn2)c1. The predicted molar refractivity (Wildman–Crippen MR) is 143 cm³/mol. The maximum atomic E-state index is 13.1. The van der Waals surface area contributed by atoms with Crippen LogP contribution in [-0.4, -0.2) is 59.0 Å². The molecule has 0 spiro atoms. The van der Waals surface area contributed by atoms with E-state index in [0.29, 0.717) is 19.1 Å². The van der Waals surface area contributed by atoms with E-state index in [1.165, 1.54) is 12.0 Å². The maximum Gasteiger partial charge on any atom is 0.254 e. The molecule has 6 nitrogen and oxygen atoms in total. The molecule has 1 amide bonds. The Labute approximate surface area is 217 Å². The molecule has 36 heavy (non-hydrogen) atoms. The van der Waals surface area contributed by atoms with Crippen molar-refractivity contribution in [3.63, 3.8) is 0 Å². The lowest BCUT2D eigenvalue weighted by molar-refractivity contribution is 0.0339. The highest BCUT2D eigenvalue weighted by Crippen LogP contribution is 2.37. The number of likely N-dealkylation sites (tertiary alicyclic amines) is 1. The first kappa shape index (κ1) is 24.8. The van der Waals surface area contributed by atoms with Crippen molar-refractivity contribution in [1.82, 2.24) is 14.2 Å². The van der Waals surface area contributed by atoms with Gasteiger partial charge in [-0.3, -0.25) is 9.78 Å². The van der Waals surface area contributed by atoms with Gasteiger partial charge in [-0.2, -0.15) is 0 Å². The van der Waals surface area contributed by atoms with E-state index in [1.54, 1.807) is 7.11 Å². The van der Waals surface area contributed by atoms with Crippen LogP contribution in [0, 0.1) is 6.92 Å². The molecule has 2 saturated heterocycles. The largest absolute Gasteiger partial charge is 0.486 e. The van der Waals surface area contributed by atoms with Crippen LogP contribution in [0.2, 0.25) is 0 Å². The summed E-state index contributed by atoms with van der Waals surface area (Å²) in [6.07, 6.45) is 3.83. The number of benzene rings is 2. The number of amides is 1. The zero-order chi connectivity index (χ0) is 24.9. The van der Waals surface area contributed by atoms with Crippen LogP contribution >= 0.6 is 11.9 Å². The Hall–Kier alpha value is -2.87. The van der Waals surface area contributed by atoms with E-state index in [0.717, 1.165) is 41.3 Å². The van der Waals surface area contributed by atoms with E-state index in [2.05, 4.69) is 33.6 Å². The summed E-state index contributed by atoms with van der Waals surface area (Å²) in [5.41, 5.74) is 4.08. The summed E-state index contributed by atoms with van der Waals surface area (Å²) in [5, 5.41) is 0. The number of aryl methyl sites for hydroxylation is 1. The van der Waals surface area contributed by atoms with Crippen LogP contribution < -0.4 is 4.74 Å². The topological polar surface area (TPSA) is 54.9 Å². The molecule has 7 heteroatoms. The zero-order valence-corrected chi connectivity index (χ0v) is 21.7. The highest BCUT2D eigenvalue weighted by molar-refractivity contribution is 7.96. The van der Waals surface area contributed by atoms with Crippen molar-refractivity contribution in [3.8, 4) is 5.75 Å². The van der Waals surface area contributed by atoms with Crippen molar-refractivity contribution in [2.24, 2.45) is 0 Å². The number of carbonyl (C=O) groups excluding carboxylic acids is 1. The van der Waals surface area contributed by atoms with Crippen LogP contribution in [0.25, 0.3) is 0 Å². The lowest BCUT2D eigenvalue weighted by atomic mass is 10.1. The van der Waals surface area contributed by atoms with Crippen molar-refractivity contribution in [2.45, 2.75) is 43.8 Å². The molecule has 0 N–H and O–H groups in total. The van der Waals surface area contributed by atoms with Gasteiger partial charge in [0.15, 0.2) is 0 Å². The summed E-state index contributed by atoms with van der Waals surface area (Å²) in [7, 11) is 1.68. The Kier molecular flexibility index (Phi) is 7.90. The number of hydrogen-bond acceptors (Lipinski definition) is 6. The lowest BCUT2D eigenvalue weighted by Crippen LogP contribution is -2.32. The van der Waals surface area contributed by atoms with Crippen molar-refractivity contribution in [3.05, 3.63) is 95.3 Å². The van der Waals surface area contributed by atoms with Gasteiger partial charge in [0.05, 0.1) is 24.8 Å². The first-order chi connectivity index (χ1) is 17.6. The second-order valence-corrected chi connectivity index (χ2v) is 10.4. The van der Waals surface area contributed by atoms with Crippen molar-refractivity contribution in [2.75, 3.05) is 26.7 Å². The Bertz CT molecular complexity index is 1180. The summed E-state index contributed by atoms with van der Waals surface area (Å²) in [4.78, 5) is 19.5. The van der Waals surface area contributed by atoms with Crippen LogP contribution in [-0.2, 0) is 10.5 Å². The van der Waals surface area contributed by atoms with Gasteiger partial charge in [-0.25, -0.2) is 4.31 Å². The Morgan fingerprint density at radius 2 is 1.89 bits per heavy atom. The standard InChI is InChI=1S/C29H33N3O3S/c1-21-9-3-4-12-24(21)29(33)31-18-27(34-2)28(19-31)35-23-11-7-10-22(17-23)20-36-32-16-8-14-26(32)25-13-5-6-15-30-25/h3-7,9-13,15,17,26-28H,8,14,16,18-20H2,1-2H3. The monoisotopic (exact) mass is 503 g/mol. The van der Waals surface area contributed by atoms with E-state index in [1.807, 2.05) is 72.4 Å².